The monoisotopic (exact) mass is 143 g/mol. The molecule has 58 valence electrons. The summed E-state index contributed by atoms with van der Waals surface area (Å²) in [6.45, 7) is 5.77. The zero-order valence-electron chi connectivity index (χ0n) is 6.82. The van der Waals surface area contributed by atoms with Crippen LogP contribution in [0.4, 0.5) is 4.39 Å². The number of hydrogen-bond acceptors (Lipinski definition) is 1. The molecule has 0 amide bonds. The fourth-order valence-electron chi connectivity index (χ4n) is 0.639. The smallest absolute Gasteiger partial charge is 0.211 e. The van der Waals surface area contributed by atoms with Crippen molar-refractivity contribution in [3.05, 3.63) is 11.5 Å². The summed E-state index contributed by atoms with van der Waals surface area (Å²) in [6.07, 6.45) is 3.33. The van der Waals surface area contributed by atoms with Crippen LogP contribution >= 0.6 is 0 Å². The van der Waals surface area contributed by atoms with Crippen LogP contribution in [0.2, 0.25) is 0 Å². The van der Waals surface area contributed by atoms with Gasteiger partial charge in [-0.2, -0.15) is 4.39 Å². The van der Waals surface area contributed by atoms with Gasteiger partial charge in [-0.25, -0.2) is 4.99 Å². The van der Waals surface area contributed by atoms with Gasteiger partial charge in [0.1, 0.15) is 0 Å². The van der Waals surface area contributed by atoms with Crippen molar-refractivity contribution in [2.75, 3.05) is 0 Å². The summed E-state index contributed by atoms with van der Waals surface area (Å²) >= 11 is 0. The summed E-state index contributed by atoms with van der Waals surface area (Å²) in [5.41, 5.74) is 0.771. The first-order chi connectivity index (χ1) is 4.80. The molecule has 1 aliphatic rings. The summed E-state index contributed by atoms with van der Waals surface area (Å²) in [7, 11) is 0. The fraction of sp³-hybridized carbons (Fsp3) is 0.625. The molecule has 0 fully saturated rings. The maximum Gasteiger partial charge on any atom is 0.211 e. The van der Waals surface area contributed by atoms with Crippen molar-refractivity contribution in [2.45, 2.75) is 33.6 Å². The van der Waals surface area contributed by atoms with E-state index in [0.717, 1.165) is 18.4 Å². The Bertz CT molecular complexity index is 147. The third-order valence-corrected chi connectivity index (χ3v) is 1.21. The number of halogens is 1. The van der Waals surface area contributed by atoms with E-state index in [0.29, 0.717) is 0 Å². The highest BCUT2D eigenvalue weighted by Crippen LogP contribution is 2.15. The Balaban J connectivity index is 0.000000371. The third kappa shape index (κ3) is 2.76. The van der Waals surface area contributed by atoms with Gasteiger partial charge in [-0.15, -0.1) is 0 Å². The molecule has 0 aromatic rings. The molecule has 2 heteroatoms. The van der Waals surface area contributed by atoms with E-state index >= 15 is 0 Å². The number of hydrogen-bond donors (Lipinski definition) is 0. The lowest BCUT2D eigenvalue weighted by Crippen LogP contribution is -1.89. The molecule has 0 unspecified atom stereocenters. The normalized spacial score (nSPS) is 16.4. The van der Waals surface area contributed by atoms with E-state index in [-0.39, 0.29) is 5.95 Å². The molecule has 0 aromatic carbocycles. The Kier molecular flexibility index (Phi) is 4.81. The second-order valence-corrected chi connectivity index (χ2v) is 1.92. The molecule has 0 radical (unpaired) electrons. The van der Waals surface area contributed by atoms with Crippen molar-refractivity contribution >= 4 is 6.21 Å². The summed E-state index contributed by atoms with van der Waals surface area (Å²) < 4.78 is 12.3. The number of rotatable bonds is 0. The minimum absolute atomic E-state index is 0.295. The van der Waals surface area contributed by atoms with Crippen LogP contribution in [0.15, 0.2) is 16.5 Å². The van der Waals surface area contributed by atoms with E-state index in [1.807, 2.05) is 13.8 Å². The molecule has 0 saturated heterocycles. The van der Waals surface area contributed by atoms with Gasteiger partial charge in [0.25, 0.3) is 0 Å². The first-order valence-corrected chi connectivity index (χ1v) is 3.68. The van der Waals surface area contributed by atoms with Crippen molar-refractivity contribution in [1.29, 1.82) is 0 Å². The summed E-state index contributed by atoms with van der Waals surface area (Å²) in [4.78, 5) is 3.50. The van der Waals surface area contributed by atoms with Gasteiger partial charge in [0, 0.05) is 6.21 Å². The predicted octanol–water partition coefficient (Wildman–Crippen LogP) is 3.08. The summed E-state index contributed by atoms with van der Waals surface area (Å²) in [5.74, 6) is -0.295. The molecule has 0 aliphatic carbocycles. The highest BCUT2D eigenvalue weighted by Gasteiger charge is 2.01. The van der Waals surface area contributed by atoms with Crippen molar-refractivity contribution in [3.8, 4) is 0 Å². The molecule has 10 heavy (non-hydrogen) atoms. The Morgan fingerprint density at radius 3 is 2.40 bits per heavy atom. The van der Waals surface area contributed by atoms with Crippen LogP contribution in [0.1, 0.15) is 33.6 Å². The van der Waals surface area contributed by atoms with E-state index < -0.39 is 0 Å². The van der Waals surface area contributed by atoms with Crippen LogP contribution < -0.4 is 0 Å². The van der Waals surface area contributed by atoms with Gasteiger partial charge in [-0.3, -0.25) is 0 Å². The molecule has 0 bridgehead atoms. The number of nitrogens with zero attached hydrogens (tertiary/aromatic N) is 1. The summed E-state index contributed by atoms with van der Waals surface area (Å²) in [6, 6.07) is 0. The van der Waals surface area contributed by atoms with Gasteiger partial charge in [-0.05, 0) is 25.3 Å². The lowest BCUT2D eigenvalue weighted by molar-refractivity contribution is 0.602. The number of allylic oxidation sites excluding steroid dienone is 1. The lowest BCUT2D eigenvalue weighted by Gasteiger charge is -2.01. The average molecular weight is 143 g/mol. The Labute approximate surface area is 61.7 Å². The third-order valence-electron chi connectivity index (χ3n) is 1.21. The average Bonchev–Trinajstić information content (AvgIpc) is 2.00. The summed E-state index contributed by atoms with van der Waals surface area (Å²) in [5, 5.41) is 0. The second kappa shape index (κ2) is 5.15. The first kappa shape index (κ1) is 9.34. The Morgan fingerprint density at radius 2 is 2.10 bits per heavy atom. The maximum atomic E-state index is 12.3. The van der Waals surface area contributed by atoms with Gasteiger partial charge in [0.05, 0.1) is 0 Å². The van der Waals surface area contributed by atoms with Crippen molar-refractivity contribution in [3.63, 3.8) is 0 Å². The predicted molar refractivity (Wildman–Crippen MR) is 42.9 cm³/mol. The topological polar surface area (TPSA) is 12.4 Å². The van der Waals surface area contributed by atoms with Crippen molar-refractivity contribution in [1.82, 2.24) is 0 Å². The highest BCUT2D eigenvalue weighted by molar-refractivity contribution is 5.60. The van der Waals surface area contributed by atoms with Crippen LogP contribution in [0.5, 0.6) is 0 Å². The maximum absolute atomic E-state index is 12.3. The Hall–Kier alpha value is -0.660. The molecule has 1 aliphatic heterocycles. The van der Waals surface area contributed by atoms with E-state index in [1.54, 1.807) is 13.1 Å². The minimum atomic E-state index is -0.295. The molecule has 0 spiro atoms. The first-order valence-electron chi connectivity index (χ1n) is 3.68. The van der Waals surface area contributed by atoms with E-state index in [1.165, 1.54) is 0 Å². The molecule has 1 rings (SSSR count). The van der Waals surface area contributed by atoms with Crippen LogP contribution in [-0.2, 0) is 0 Å². The quantitative estimate of drug-likeness (QED) is 0.462. The van der Waals surface area contributed by atoms with Gasteiger partial charge in [0.15, 0.2) is 0 Å². The molecule has 0 atom stereocenters. The zero-order chi connectivity index (χ0) is 7.98. The van der Waals surface area contributed by atoms with Crippen molar-refractivity contribution in [2.24, 2.45) is 4.99 Å². The standard InChI is InChI=1S/C6H8FN.C2H6/c1-5-3-2-4-8-6(5)7;1-2/h4H,2-3H2,1H3;1-2H3. The van der Waals surface area contributed by atoms with Gasteiger partial charge in [-0.1, -0.05) is 13.8 Å². The minimum Gasteiger partial charge on any atom is -0.233 e. The molecule has 1 heterocycles. The lowest BCUT2D eigenvalue weighted by atomic mass is 10.1. The SMILES string of the molecule is CC.CC1=C(F)N=CCC1. The van der Waals surface area contributed by atoms with E-state index in [2.05, 4.69) is 4.99 Å². The van der Waals surface area contributed by atoms with Crippen LogP contribution in [0, 0.1) is 0 Å². The Morgan fingerprint density at radius 1 is 1.50 bits per heavy atom. The van der Waals surface area contributed by atoms with Crippen LogP contribution in [-0.4, -0.2) is 6.21 Å². The fourth-order valence-corrected chi connectivity index (χ4v) is 0.639. The van der Waals surface area contributed by atoms with Gasteiger partial charge < -0.3 is 0 Å². The zero-order valence-corrected chi connectivity index (χ0v) is 6.82. The van der Waals surface area contributed by atoms with Gasteiger partial charge in [0.2, 0.25) is 5.95 Å². The molecular weight excluding hydrogens is 129 g/mol. The van der Waals surface area contributed by atoms with E-state index in [9.17, 15) is 4.39 Å². The molecular formula is C8H14FN. The second-order valence-electron chi connectivity index (χ2n) is 1.92. The number of aliphatic imine (C=N–C) groups is 1. The largest absolute Gasteiger partial charge is 0.233 e. The van der Waals surface area contributed by atoms with Crippen molar-refractivity contribution < 1.29 is 4.39 Å². The molecule has 0 aromatic heterocycles. The molecule has 0 N–H and O–H groups in total. The van der Waals surface area contributed by atoms with Crippen LogP contribution in [0.3, 0.4) is 0 Å². The van der Waals surface area contributed by atoms with Crippen LogP contribution in [0.25, 0.3) is 0 Å². The highest BCUT2D eigenvalue weighted by atomic mass is 19.1. The molecule has 0 saturated carbocycles. The molecule has 1 nitrogen and oxygen atoms in total. The van der Waals surface area contributed by atoms with Gasteiger partial charge >= 0.3 is 0 Å². The van der Waals surface area contributed by atoms with E-state index in [4.69, 9.17) is 0 Å².